The molecule has 6 aliphatic rings. The number of rotatable bonds is 9. The van der Waals surface area contributed by atoms with Crippen molar-refractivity contribution in [2.24, 2.45) is 32.2 Å². The minimum absolute atomic E-state index is 0.0466. The molecule has 3 saturated carbocycles. The number of aliphatic imine (C=N–C) groups is 3. The predicted molar refractivity (Wildman–Crippen MR) is 324 cm³/mol. The number of benzene rings is 3. The smallest absolute Gasteiger partial charge is 0.315 e. The van der Waals surface area contributed by atoms with Crippen molar-refractivity contribution in [2.45, 2.75) is 161 Å². The van der Waals surface area contributed by atoms with Crippen LogP contribution in [0.5, 0.6) is 0 Å². The SMILES string of the molecule is CC1(c2cc(NC(=O)c3ccc(F)cn3)ccc2F)N=C(N)OC2(CCC(F)(F)CC2)C1(F)F.CC1(c2cc(NC(=O)c3ccc(F)cn3)ccc2F)N=C(N)OC2(CCCC2)C1(F)F.CC1(c2cc(NC(=O)c3ccc(F)cn3)ccc2F)N=C(N)OC2(CCCCC2)C1(F)F. The third-order valence-electron chi connectivity index (χ3n) is 18.4. The Morgan fingerprint density at radius 2 is 0.649 bits per heavy atom. The lowest BCUT2D eigenvalue weighted by Crippen LogP contribution is -2.66. The summed E-state index contributed by atoms with van der Waals surface area (Å²) in [5.74, 6) is -21.3. The molecule has 3 aliphatic heterocycles. The van der Waals surface area contributed by atoms with Crippen LogP contribution < -0.4 is 33.2 Å². The molecule has 32 heteroatoms. The molecule has 3 spiro atoms. The van der Waals surface area contributed by atoms with Crippen LogP contribution in [0.25, 0.3) is 0 Å². The van der Waals surface area contributed by atoms with Gasteiger partial charge in [-0.25, -0.2) is 65.1 Å². The monoisotopic (exact) mass is 1370 g/mol. The van der Waals surface area contributed by atoms with Crippen molar-refractivity contribution in [3.05, 3.63) is 178 Å². The summed E-state index contributed by atoms with van der Waals surface area (Å²) in [5.41, 5.74) is 1.92. The molecule has 18 nitrogen and oxygen atoms in total. The minimum atomic E-state index is -3.94. The van der Waals surface area contributed by atoms with Crippen LogP contribution in [0.4, 0.5) is 78.5 Å². The fourth-order valence-corrected chi connectivity index (χ4v) is 13.1. The highest BCUT2D eigenvalue weighted by Gasteiger charge is 2.73. The quantitative estimate of drug-likeness (QED) is 0.0738. The van der Waals surface area contributed by atoms with Gasteiger partial charge in [-0.1, -0.05) is 6.42 Å². The van der Waals surface area contributed by atoms with Gasteiger partial charge in [-0.3, -0.25) is 14.4 Å². The Balaban J connectivity index is 0.000000158. The number of hydrogen-bond donors (Lipinski definition) is 6. The van der Waals surface area contributed by atoms with Crippen LogP contribution in [-0.2, 0) is 30.8 Å². The number of carbonyl (C=O) groups excluding carboxylic acids is 3. The Kier molecular flexibility index (Phi) is 18.6. The Hall–Kier alpha value is -9.65. The first kappa shape index (κ1) is 70.2. The first-order valence-corrected chi connectivity index (χ1v) is 30.3. The first-order chi connectivity index (χ1) is 45.4. The number of aromatic nitrogens is 3. The maximum absolute atomic E-state index is 15.9. The van der Waals surface area contributed by atoms with Crippen LogP contribution in [0, 0.1) is 34.9 Å². The van der Waals surface area contributed by atoms with E-state index in [0.29, 0.717) is 25.7 Å². The average molecular weight is 1370 g/mol. The Morgan fingerprint density at radius 1 is 0.381 bits per heavy atom. The molecule has 97 heavy (non-hydrogen) atoms. The molecule has 6 heterocycles. The van der Waals surface area contributed by atoms with E-state index in [1.807, 2.05) is 0 Å². The predicted octanol–water partition coefficient (Wildman–Crippen LogP) is 13.4. The molecule has 3 aromatic carbocycles. The number of nitrogens with two attached hydrogens (primary N) is 3. The number of pyridine rings is 3. The standard InChI is InChI=1S/C22H20F6N4O2.C22H22F4N4O2.C21H20F4N4O2/c1-19(22(27,28)20(34-18(29)32-19)6-8-21(25,26)9-7-20)14-10-13(3-4-15(14)24)31-17(33)16-5-2-12(23)11-30-16;1-20(22(25,26)21(32-19(27)30-20)9-3-2-4-10-21)15-11-14(6-7-16(15)24)29-18(31)17-8-5-13(23)12-28-17;1-19(21(24,25)20(8-2-3-9-20)31-18(26)29-19)14-10-13(5-6-15(14)23)28-17(30)16-7-4-12(22)11-27-16/h2-5,10-11H,6-9H2,1H3,(H2,29,32)(H,31,33);5-8,11-12H,2-4,9-10H2,1H3,(H2,27,30)(H,29,31);4-7,10-11H,2-3,8-9H2,1H3,(H2,26,29)(H,28,30). The number of anilines is 3. The minimum Gasteiger partial charge on any atom is -0.452 e. The van der Waals surface area contributed by atoms with E-state index >= 15 is 26.3 Å². The normalized spacial score (nSPS) is 24.2. The highest BCUT2D eigenvalue weighted by Crippen LogP contribution is 2.61. The molecule has 516 valence electrons. The van der Waals surface area contributed by atoms with Gasteiger partial charge in [0, 0.05) is 46.6 Å². The molecular formula is C65H62F14N12O6. The highest BCUT2D eigenvalue weighted by atomic mass is 19.3. The van der Waals surface area contributed by atoms with Crippen LogP contribution >= 0.6 is 0 Å². The number of hydrogen-bond acceptors (Lipinski definition) is 15. The van der Waals surface area contributed by atoms with E-state index in [1.54, 1.807) is 0 Å². The molecule has 3 unspecified atom stereocenters. The second-order valence-electron chi connectivity index (χ2n) is 24.7. The van der Waals surface area contributed by atoms with Gasteiger partial charge in [0.2, 0.25) is 5.92 Å². The fourth-order valence-electron chi connectivity index (χ4n) is 13.1. The lowest BCUT2D eigenvalue weighted by molar-refractivity contribution is -0.250. The topological polar surface area (TPSA) is 269 Å². The maximum atomic E-state index is 15.9. The molecule has 0 saturated heterocycles. The summed E-state index contributed by atoms with van der Waals surface area (Å²) < 4.78 is 222. The van der Waals surface area contributed by atoms with Gasteiger partial charge in [0.05, 0.1) is 18.6 Å². The van der Waals surface area contributed by atoms with Crippen molar-refractivity contribution in [3.63, 3.8) is 0 Å². The van der Waals surface area contributed by atoms with Crippen molar-refractivity contribution in [3.8, 4) is 0 Å². The summed E-state index contributed by atoms with van der Waals surface area (Å²) in [6.45, 7) is 3.15. The second kappa shape index (κ2) is 25.7. The number of amides is 3. The molecule has 3 aliphatic carbocycles. The molecule has 3 fully saturated rings. The van der Waals surface area contributed by atoms with Crippen molar-refractivity contribution in [2.75, 3.05) is 16.0 Å². The van der Waals surface area contributed by atoms with Crippen molar-refractivity contribution < 1.29 is 90.1 Å². The molecular weight excluding hydrogens is 1310 g/mol. The first-order valence-electron chi connectivity index (χ1n) is 30.3. The largest absolute Gasteiger partial charge is 0.452 e. The molecule has 3 amide bonds. The maximum Gasteiger partial charge on any atom is 0.315 e. The van der Waals surface area contributed by atoms with E-state index in [0.717, 1.165) is 119 Å². The number of ether oxygens (including phenoxy) is 3. The Labute approximate surface area is 544 Å². The highest BCUT2D eigenvalue weighted by molar-refractivity contribution is 6.04. The number of nitrogens with one attached hydrogen (secondary N) is 3. The number of halogens is 14. The van der Waals surface area contributed by atoms with Crippen LogP contribution in [0.1, 0.15) is 152 Å². The zero-order valence-electron chi connectivity index (χ0n) is 51.7. The number of amidine groups is 3. The Morgan fingerprint density at radius 3 is 0.918 bits per heavy atom. The molecule has 3 atom stereocenters. The molecule has 9 N–H and O–H groups in total. The van der Waals surface area contributed by atoms with Crippen LogP contribution in [0.2, 0.25) is 0 Å². The van der Waals surface area contributed by atoms with Gasteiger partial charge in [-0.05, 0) is 176 Å². The van der Waals surface area contributed by atoms with Gasteiger partial charge in [0.1, 0.15) is 52.0 Å². The molecule has 0 radical (unpaired) electrons. The number of alkyl halides is 8. The summed E-state index contributed by atoms with van der Waals surface area (Å²) in [6.07, 6.45) is 2.62. The van der Waals surface area contributed by atoms with E-state index in [9.17, 15) is 49.5 Å². The lowest BCUT2D eigenvalue weighted by Gasteiger charge is -2.52. The fraction of sp³-hybridized carbons (Fsp3) is 0.400. The van der Waals surface area contributed by atoms with Crippen molar-refractivity contribution in [1.29, 1.82) is 0 Å². The van der Waals surface area contributed by atoms with Gasteiger partial charge in [-0.2, -0.15) is 26.3 Å². The number of nitrogens with zero attached hydrogens (tertiary/aromatic N) is 6. The molecule has 0 bridgehead atoms. The van der Waals surface area contributed by atoms with Crippen molar-refractivity contribution in [1.82, 2.24) is 15.0 Å². The summed E-state index contributed by atoms with van der Waals surface area (Å²) in [4.78, 5) is 59.5. The van der Waals surface area contributed by atoms with Gasteiger partial charge >= 0.3 is 17.8 Å². The third-order valence-corrected chi connectivity index (χ3v) is 18.4. The number of carbonyl (C=O) groups is 3. The van der Waals surface area contributed by atoms with Gasteiger partial charge in [0.15, 0.2) is 33.4 Å². The molecule has 6 aromatic rings. The van der Waals surface area contributed by atoms with E-state index in [2.05, 4.69) is 45.9 Å². The van der Waals surface area contributed by atoms with Gasteiger partial charge < -0.3 is 47.4 Å². The summed E-state index contributed by atoms with van der Waals surface area (Å²) in [7, 11) is 0. The van der Waals surface area contributed by atoms with E-state index < -0.39 is 170 Å². The second-order valence-corrected chi connectivity index (χ2v) is 24.7. The molecule has 3 aromatic heterocycles. The van der Waals surface area contributed by atoms with E-state index in [-0.39, 0.29) is 59.8 Å². The van der Waals surface area contributed by atoms with Crippen molar-refractivity contribution >= 4 is 52.8 Å². The third kappa shape index (κ3) is 12.9. The van der Waals surface area contributed by atoms with Crippen LogP contribution in [0.15, 0.2) is 125 Å². The zero-order valence-corrected chi connectivity index (χ0v) is 51.7. The summed E-state index contributed by atoms with van der Waals surface area (Å²) in [5, 5.41) is 7.30. The summed E-state index contributed by atoms with van der Waals surface area (Å²) in [6, 6.07) is 14.5. The Bertz CT molecular complexity index is 4090. The zero-order chi connectivity index (χ0) is 70.5. The van der Waals surface area contributed by atoms with Gasteiger partial charge in [-0.15, -0.1) is 0 Å². The lowest BCUT2D eigenvalue weighted by atomic mass is 9.69. The van der Waals surface area contributed by atoms with Crippen LogP contribution in [0.3, 0.4) is 0 Å². The van der Waals surface area contributed by atoms with E-state index in [4.69, 9.17) is 31.4 Å². The van der Waals surface area contributed by atoms with E-state index in [1.165, 1.54) is 18.2 Å². The average Bonchev–Trinajstić information content (AvgIpc) is 1.70. The van der Waals surface area contributed by atoms with Crippen LogP contribution in [-0.4, -0.2) is 91.2 Å². The van der Waals surface area contributed by atoms with Gasteiger partial charge in [0.25, 0.3) is 35.8 Å². The summed E-state index contributed by atoms with van der Waals surface area (Å²) >= 11 is 0. The molecule has 12 rings (SSSR count).